The molecule has 0 saturated heterocycles. The van der Waals surface area contributed by atoms with E-state index < -0.39 is 20.0 Å². The number of sulfonamides is 2. The van der Waals surface area contributed by atoms with E-state index in [2.05, 4.69) is 5.14 Å². The fourth-order valence-electron chi connectivity index (χ4n) is 0.397. The van der Waals surface area contributed by atoms with Crippen molar-refractivity contribution in [3.8, 4) is 0 Å². The second-order valence-electron chi connectivity index (χ2n) is 2.62. The first-order valence-corrected chi connectivity index (χ1v) is 6.66. The summed E-state index contributed by atoms with van der Waals surface area (Å²) >= 11 is 0. The minimum absolute atomic E-state index is 0.201. The van der Waals surface area contributed by atoms with Gasteiger partial charge in [-0.05, 0) is 12.8 Å². The van der Waals surface area contributed by atoms with E-state index in [0.717, 1.165) is 19.1 Å². The van der Waals surface area contributed by atoms with Crippen LogP contribution in [-0.4, -0.2) is 28.3 Å². The second kappa shape index (κ2) is 3.69. The van der Waals surface area contributed by atoms with Gasteiger partial charge in [0.05, 0.1) is 11.5 Å². The van der Waals surface area contributed by atoms with Crippen LogP contribution >= 0.6 is 0 Å². The van der Waals surface area contributed by atoms with E-state index in [4.69, 9.17) is 5.14 Å². The average molecular weight is 216 g/mol. The molecule has 0 amide bonds. The zero-order chi connectivity index (χ0) is 9.99. The molecule has 8 heteroatoms. The topological polar surface area (TPSA) is 120 Å². The quantitative estimate of drug-likeness (QED) is 0.545. The van der Waals surface area contributed by atoms with Crippen molar-refractivity contribution in [3.63, 3.8) is 0 Å². The van der Waals surface area contributed by atoms with Crippen molar-refractivity contribution in [2.24, 2.45) is 10.3 Å². The summed E-state index contributed by atoms with van der Waals surface area (Å²) < 4.78 is 39.2. The molecule has 0 radical (unpaired) electrons. The maximum absolute atomic E-state index is 10.2. The molecular weight excluding hydrogens is 204 g/mol. The summed E-state index contributed by atoms with van der Waals surface area (Å²) in [5.74, 6) is 0. The number of hydrogen-bond donors (Lipinski definition) is 2. The Kier molecular flexibility index (Phi) is 3.63. The van der Waals surface area contributed by atoms with Crippen LogP contribution < -0.4 is 10.3 Å². The zero-order valence-electron chi connectivity index (χ0n) is 6.60. The fourth-order valence-corrected chi connectivity index (χ4v) is 1.19. The van der Waals surface area contributed by atoms with Gasteiger partial charge in [-0.2, -0.15) is 0 Å². The lowest BCUT2D eigenvalue weighted by Crippen LogP contribution is -2.16. The lowest BCUT2D eigenvalue weighted by molar-refractivity contribution is 0.596. The van der Waals surface area contributed by atoms with Gasteiger partial charge >= 0.3 is 0 Å². The van der Waals surface area contributed by atoms with Crippen molar-refractivity contribution < 1.29 is 16.8 Å². The van der Waals surface area contributed by atoms with Crippen LogP contribution in [0.5, 0.6) is 0 Å². The highest BCUT2D eigenvalue weighted by molar-refractivity contribution is 7.90. The molecule has 1 aliphatic rings. The van der Waals surface area contributed by atoms with Crippen LogP contribution in [0.2, 0.25) is 0 Å². The predicted octanol–water partition coefficient (Wildman–Crippen LogP) is -1.66. The van der Waals surface area contributed by atoms with Crippen LogP contribution in [0.4, 0.5) is 0 Å². The number of primary sulfonamides is 2. The van der Waals surface area contributed by atoms with Crippen molar-refractivity contribution >= 4 is 20.0 Å². The van der Waals surface area contributed by atoms with Crippen molar-refractivity contribution in [2.75, 3.05) is 6.26 Å². The molecule has 0 unspecified atom stereocenters. The smallest absolute Gasteiger partial charge is 0.211 e. The molecule has 74 valence electrons. The molecule has 0 heterocycles. The summed E-state index contributed by atoms with van der Waals surface area (Å²) in [5, 5.41) is 8.84. The van der Waals surface area contributed by atoms with Gasteiger partial charge in [-0.3, -0.25) is 0 Å². The van der Waals surface area contributed by atoms with Crippen molar-refractivity contribution in [2.45, 2.75) is 18.1 Å². The van der Waals surface area contributed by atoms with E-state index in [1.165, 1.54) is 0 Å². The molecule has 0 bridgehead atoms. The molecule has 12 heavy (non-hydrogen) atoms. The van der Waals surface area contributed by atoms with Crippen LogP contribution in [0.3, 0.4) is 0 Å². The van der Waals surface area contributed by atoms with Gasteiger partial charge in [0.25, 0.3) is 0 Å². The first-order valence-electron chi connectivity index (χ1n) is 3.10. The van der Waals surface area contributed by atoms with Crippen molar-refractivity contribution in [1.82, 2.24) is 0 Å². The van der Waals surface area contributed by atoms with Gasteiger partial charge in [-0.1, -0.05) is 0 Å². The Bertz CT molecular complexity index is 318. The third-order valence-electron chi connectivity index (χ3n) is 0.989. The maximum atomic E-state index is 10.2. The monoisotopic (exact) mass is 216 g/mol. The third kappa shape index (κ3) is 9.82. The van der Waals surface area contributed by atoms with Gasteiger partial charge in [0.2, 0.25) is 20.0 Å². The highest BCUT2D eigenvalue weighted by Crippen LogP contribution is 2.25. The molecule has 1 saturated carbocycles. The number of rotatable bonds is 1. The summed E-state index contributed by atoms with van der Waals surface area (Å²) in [5.41, 5.74) is 0. The third-order valence-corrected chi connectivity index (χ3v) is 2.39. The Labute approximate surface area is 72.0 Å². The summed E-state index contributed by atoms with van der Waals surface area (Å²) in [6, 6.07) is 0. The SMILES string of the molecule is CS(N)(=O)=O.NS(=O)(=O)C1CC1. The number of hydrogen-bond acceptors (Lipinski definition) is 4. The van der Waals surface area contributed by atoms with Crippen LogP contribution in [0.25, 0.3) is 0 Å². The first kappa shape index (κ1) is 11.8. The van der Waals surface area contributed by atoms with Crippen LogP contribution in [0.1, 0.15) is 12.8 Å². The van der Waals surface area contributed by atoms with E-state index in [-0.39, 0.29) is 5.25 Å². The minimum atomic E-state index is -3.17. The Morgan fingerprint density at radius 2 is 1.33 bits per heavy atom. The van der Waals surface area contributed by atoms with E-state index in [1.54, 1.807) is 0 Å². The van der Waals surface area contributed by atoms with Gasteiger partial charge in [-0.15, -0.1) is 0 Å². The van der Waals surface area contributed by atoms with E-state index in [0.29, 0.717) is 0 Å². The second-order valence-corrected chi connectivity index (χ2v) is 6.12. The van der Waals surface area contributed by atoms with Crippen molar-refractivity contribution in [1.29, 1.82) is 0 Å². The summed E-state index contributed by atoms with van der Waals surface area (Å²) in [6.07, 6.45) is 2.46. The van der Waals surface area contributed by atoms with Gasteiger partial charge in [0.1, 0.15) is 0 Å². The Morgan fingerprint density at radius 3 is 1.33 bits per heavy atom. The molecule has 0 aromatic heterocycles. The number of nitrogens with two attached hydrogens (primary N) is 2. The average Bonchev–Trinajstić information content (AvgIpc) is 2.29. The Morgan fingerprint density at radius 1 is 1.08 bits per heavy atom. The zero-order valence-corrected chi connectivity index (χ0v) is 8.23. The van der Waals surface area contributed by atoms with Gasteiger partial charge in [0.15, 0.2) is 0 Å². The molecule has 0 aromatic carbocycles. The molecule has 0 atom stereocenters. The molecule has 0 aliphatic heterocycles. The molecule has 1 rings (SSSR count). The minimum Gasteiger partial charge on any atom is -0.229 e. The molecular formula is C4H12N2O4S2. The molecule has 6 nitrogen and oxygen atoms in total. The van der Waals surface area contributed by atoms with Gasteiger partial charge in [-0.25, -0.2) is 27.1 Å². The molecule has 0 aromatic rings. The lowest BCUT2D eigenvalue weighted by Gasteiger charge is -1.84. The lowest BCUT2D eigenvalue weighted by atomic mass is 11.0. The molecule has 1 fully saturated rings. The highest BCUT2D eigenvalue weighted by Gasteiger charge is 2.32. The first-order chi connectivity index (χ1) is 5.11. The van der Waals surface area contributed by atoms with Crippen molar-refractivity contribution in [3.05, 3.63) is 0 Å². The highest BCUT2D eigenvalue weighted by atomic mass is 32.2. The van der Waals surface area contributed by atoms with E-state index in [9.17, 15) is 16.8 Å². The molecule has 4 N–H and O–H groups in total. The molecule has 1 aliphatic carbocycles. The summed E-state index contributed by atoms with van der Waals surface area (Å²) in [7, 11) is -6.30. The largest absolute Gasteiger partial charge is 0.229 e. The summed E-state index contributed by atoms with van der Waals surface area (Å²) in [6.45, 7) is 0. The predicted molar refractivity (Wildman–Crippen MR) is 45.2 cm³/mol. The Hall–Kier alpha value is -0.180. The standard InChI is InChI=1S/C3H7NO2S.CH5NO2S/c4-7(5,6)3-1-2-3;1-5(2,3)4/h3H,1-2H2,(H2,4,5,6);1H3,(H2,2,3,4). The molecule has 0 spiro atoms. The summed E-state index contributed by atoms with van der Waals surface area (Å²) in [4.78, 5) is 0. The van der Waals surface area contributed by atoms with Crippen LogP contribution in [0.15, 0.2) is 0 Å². The van der Waals surface area contributed by atoms with E-state index in [1.807, 2.05) is 0 Å². The van der Waals surface area contributed by atoms with Crippen LogP contribution in [0, 0.1) is 0 Å². The fraction of sp³-hybridized carbons (Fsp3) is 1.00. The van der Waals surface area contributed by atoms with Gasteiger partial charge < -0.3 is 0 Å². The van der Waals surface area contributed by atoms with Gasteiger partial charge in [0, 0.05) is 0 Å². The maximum Gasteiger partial charge on any atom is 0.211 e. The Balaban J connectivity index is 0.000000217. The van der Waals surface area contributed by atoms with Crippen LogP contribution in [-0.2, 0) is 20.0 Å². The normalized spacial score (nSPS) is 17.9. The van der Waals surface area contributed by atoms with E-state index >= 15 is 0 Å².